The monoisotopic (exact) mass is 399 g/mol. The Bertz CT molecular complexity index is 870. The highest BCUT2D eigenvalue weighted by Crippen LogP contribution is 2.13. The van der Waals surface area contributed by atoms with Crippen molar-refractivity contribution < 1.29 is 19.1 Å². The van der Waals surface area contributed by atoms with E-state index < -0.39 is 24.0 Å². The van der Waals surface area contributed by atoms with Gasteiger partial charge in [-0.05, 0) is 48.6 Å². The third kappa shape index (κ3) is 5.66. The van der Waals surface area contributed by atoms with E-state index in [1.165, 1.54) is 18.3 Å². The number of hydrogen-bond acceptors (Lipinski definition) is 6. The minimum absolute atomic E-state index is 0.217. The SMILES string of the molecule is CC(C)[C@@H](NC(=O)c1cccs1)C(=O)O[C@@H](C)C(=O)Nc1ccc(C#N)cc1. The predicted octanol–water partition coefficient (Wildman–Crippen LogP) is 2.94. The van der Waals surface area contributed by atoms with Gasteiger partial charge in [0.1, 0.15) is 6.04 Å². The summed E-state index contributed by atoms with van der Waals surface area (Å²) in [5.74, 6) is -1.77. The van der Waals surface area contributed by atoms with Crippen LogP contribution >= 0.6 is 11.3 Å². The molecule has 7 nitrogen and oxygen atoms in total. The molecule has 2 N–H and O–H groups in total. The summed E-state index contributed by atoms with van der Waals surface area (Å²) < 4.78 is 5.26. The number of nitrogens with one attached hydrogen (secondary N) is 2. The molecule has 0 saturated heterocycles. The zero-order valence-corrected chi connectivity index (χ0v) is 16.6. The van der Waals surface area contributed by atoms with Gasteiger partial charge in [-0.3, -0.25) is 9.59 Å². The van der Waals surface area contributed by atoms with Crippen LogP contribution in [-0.2, 0) is 14.3 Å². The Morgan fingerprint density at radius 2 is 1.79 bits per heavy atom. The average Bonchev–Trinajstić information content (AvgIpc) is 3.21. The van der Waals surface area contributed by atoms with E-state index in [-0.39, 0.29) is 11.8 Å². The number of benzene rings is 1. The number of rotatable bonds is 7. The van der Waals surface area contributed by atoms with Gasteiger partial charge in [0.15, 0.2) is 6.10 Å². The maximum atomic E-state index is 12.5. The highest BCUT2D eigenvalue weighted by atomic mass is 32.1. The molecule has 0 saturated carbocycles. The molecule has 0 radical (unpaired) electrons. The lowest BCUT2D eigenvalue weighted by Gasteiger charge is -2.22. The fourth-order valence-electron chi connectivity index (χ4n) is 2.29. The van der Waals surface area contributed by atoms with Crippen LogP contribution < -0.4 is 10.6 Å². The van der Waals surface area contributed by atoms with Crippen LogP contribution in [0.25, 0.3) is 0 Å². The molecular formula is C20H21N3O4S. The second-order valence-electron chi connectivity index (χ2n) is 6.43. The Balaban J connectivity index is 1.96. The molecule has 1 heterocycles. The number of carbonyl (C=O) groups excluding carboxylic acids is 3. The zero-order chi connectivity index (χ0) is 20.7. The molecule has 0 bridgehead atoms. The number of anilines is 1. The van der Waals surface area contributed by atoms with Crippen molar-refractivity contribution in [3.63, 3.8) is 0 Å². The highest BCUT2D eigenvalue weighted by molar-refractivity contribution is 7.12. The van der Waals surface area contributed by atoms with Gasteiger partial charge >= 0.3 is 5.97 Å². The molecule has 2 aromatic rings. The van der Waals surface area contributed by atoms with Crippen LogP contribution in [0.3, 0.4) is 0 Å². The summed E-state index contributed by atoms with van der Waals surface area (Å²) in [5, 5.41) is 15.8. The topological polar surface area (TPSA) is 108 Å². The summed E-state index contributed by atoms with van der Waals surface area (Å²) in [6, 6.07) is 10.8. The Kier molecular flexibility index (Phi) is 7.29. The first-order chi connectivity index (χ1) is 13.3. The maximum absolute atomic E-state index is 12.5. The van der Waals surface area contributed by atoms with E-state index in [1.54, 1.807) is 55.6 Å². The Morgan fingerprint density at radius 3 is 2.32 bits per heavy atom. The van der Waals surface area contributed by atoms with Gasteiger partial charge in [-0.15, -0.1) is 11.3 Å². The van der Waals surface area contributed by atoms with Crippen LogP contribution in [0.4, 0.5) is 5.69 Å². The standard InChI is InChI=1S/C20H21N3O4S/c1-12(2)17(23-19(25)16-5-4-10-28-16)20(26)27-13(3)18(24)22-15-8-6-14(11-21)7-9-15/h4-10,12-13,17H,1-3H3,(H,22,24)(H,23,25)/t13-,17+/m0/s1. The minimum atomic E-state index is -1.05. The zero-order valence-electron chi connectivity index (χ0n) is 15.8. The van der Waals surface area contributed by atoms with Gasteiger partial charge in [0.2, 0.25) is 0 Å². The number of nitrogens with zero attached hydrogens (tertiary/aromatic N) is 1. The summed E-state index contributed by atoms with van der Waals surface area (Å²) in [5.41, 5.74) is 0.956. The van der Waals surface area contributed by atoms with Crippen molar-refractivity contribution in [1.29, 1.82) is 5.26 Å². The van der Waals surface area contributed by atoms with E-state index in [1.807, 2.05) is 6.07 Å². The third-order valence-electron chi connectivity index (χ3n) is 3.90. The smallest absolute Gasteiger partial charge is 0.329 e. The number of carbonyl (C=O) groups is 3. The predicted molar refractivity (Wildman–Crippen MR) is 106 cm³/mol. The van der Waals surface area contributed by atoms with Gasteiger partial charge in [-0.2, -0.15) is 5.26 Å². The second kappa shape index (κ2) is 9.67. The molecule has 1 aromatic heterocycles. The van der Waals surface area contributed by atoms with Gasteiger partial charge < -0.3 is 15.4 Å². The molecule has 0 aliphatic carbocycles. The summed E-state index contributed by atoms with van der Waals surface area (Å²) >= 11 is 1.27. The average molecular weight is 399 g/mol. The van der Waals surface area contributed by atoms with Crippen LogP contribution in [0, 0.1) is 17.2 Å². The molecule has 2 atom stereocenters. The van der Waals surface area contributed by atoms with E-state index in [0.717, 1.165) is 0 Å². The molecule has 2 rings (SSSR count). The molecule has 0 fully saturated rings. The van der Waals surface area contributed by atoms with Crippen molar-refractivity contribution in [3.8, 4) is 6.07 Å². The molecule has 146 valence electrons. The van der Waals surface area contributed by atoms with Gasteiger partial charge in [0.25, 0.3) is 11.8 Å². The number of nitriles is 1. The number of amides is 2. The first-order valence-electron chi connectivity index (χ1n) is 8.67. The summed E-state index contributed by atoms with van der Waals surface area (Å²) in [4.78, 5) is 37.5. The maximum Gasteiger partial charge on any atom is 0.329 e. The quantitative estimate of drug-likeness (QED) is 0.696. The molecule has 0 spiro atoms. The van der Waals surface area contributed by atoms with Crippen molar-refractivity contribution in [3.05, 3.63) is 52.2 Å². The first kappa shape index (κ1) is 21.1. The Labute approximate surface area is 167 Å². The van der Waals surface area contributed by atoms with Crippen LogP contribution in [0.2, 0.25) is 0 Å². The summed E-state index contributed by atoms with van der Waals surface area (Å²) in [7, 11) is 0. The lowest BCUT2D eigenvalue weighted by molar-refractivity contribution is -0.156. The van der Waals surface area contributed by atoms with Gasteiger partial charge in [0, 0.05) is 5.69 Å². The van der Waals surface area contributed by atoms with Crippen molar-refractivity contribution in [2.45, 2.75) is 32.9 Å². The molecule has 0 aliphatic heterocycles. The summed E-state index contributed by atoms with van der Waals surface area (Å²) in [6.07, 6.45) is -1.05. The minimum Gasteiger partial charge on any atom is -0.451 e. The van der Waals surface area contributed by atoms with E-state index in [0.29, 0.717) is 16.1 Å². The van der Waals surface area contributed by atoms with Gasteiger partial charge in [-0.25, -0.2) is 4.79 Å². The molecule has 2 amide bonds. The van der Waals surface area contributed by atoms with E-state index in [2.05, 4.69) is 10.6 Å². The normalized spacial score (nSPS) is 12.5. The molecule has 1 aromatic carbocycles. The van der Waals surface area contributed by atoms with Gasteiger partial charge in [0.05, 0.1) is 16.5 Å². The molecule has 8 heteroatoms. The van der Waals surface area contributed by atoms with Crippen molar-refractivity contribution in [2.75, 3.05) is 5.32 Å². The largest absolute Gasteiger partial charge is 0.451 e. The van der Waals surface area contributed by atoms with Crippen LogP contribution in [-0.4, -0.2) is 29.9 Å². The lowest BCUT2D eigenvalue weighted by atomic mass is 10.0. The number of hydrogen-bond donors (Lipinski definition) is 2. The van der Waals surface area contributed by atoms with Crippen LogP contribution in [0.5, 0.6) is 0 Å². The summed E-state index contributed by atoms with van der Waals surface area (Å²) in [6.45, 7) is 5.01. The van der Waals surface area contributed by atoms with Crippen molar-refractivity contribution in [1.82, 2.24) is 5.32 Å². The molecule has 0 aliphatic rings. The van der Waals surface area contributed by atoms with Crippen LogP contribution in [0.1, 0.15) is 36.0 Å². The fraction of sp³-hybridized carbons (Fsp3) is 0.300. The molecule has 28 heavy (non-hydrogen) atoms. The number of esters is 1. The van der Waals surface area contributed by atoms with Gasteiger partial charge in [-0.1, -0.05) is 19.9 Å². The van der Waals surface area contributed by atoms with Crippen LogP contribution in [0.15, 0.2) is 41.8 Å². The molecular weight excluding hydrogens is 378 g/mol. The second-order valence-corrected chi connectivity index (χ2v) is 7.38. The van der Waals surface area contributed by atoms with E-state index in [9.17, 15) is 14.4 Å². The van der Waals surface area contributed by atoms with Crippen molar-refractivity contribution in [2.24, 2.45) is 5.92 Å². The lowest BCUT2D eigenvalue weighted by Crippen LogP contribution is -2.47. The molecule has 0 unspecified atom stereocenters. The fourth-order valence-corrected chi connectivity index (χ4v) is 2.92. The Hall–Kier alpha value is -3.18. The number of thiophene rings is 1. The number of ether oxygens (including phenoxy) is 1. The van der Waals surface area contributed by atoms with E-state index in [4.69, 9.17) is 10.00 Å². The van der Waals surface area contributed by atoms with Crippen molar-refractivity contribution >= 4 is 34.8 Å². The highest BCUT2D eigenvalue weighted by Gasteiger charge is 2.29. The van der Waals surface area contributed by atoms with E-state index >= 15 is 0 Å². The first-order valence-corrected chi connectivity index (χ1v) is 9.55. The Morgan fingerprint density at radius 1 is 1.11 bits per heavy atom. The third-order valence-corrected chi connectivity index (χ3v) is 4.76.